The molecule has 0 fully saturated rings. The molecule has 2 heterocycles. The third kappa shape index (κ3) is 2.36. The lowest BCUT2D eigenvalue weighted by Gasteiger charge is -2.12. The van der Waals surface area contributed by atoms with Gasteiger partial charge >= 0.3 is 0 Å². The van der Waals surface area contributed by atoms with E-state index in [1.807, 2.05) is 18.3 Å². The second kappa shape index (κ2) is 5.71. The van der Waals surface area contributed by atoms with Crippen LogP contribution < -0.4 is 5.43 Å². The van der Waals surface area contributed by atoms with E-state index in [-0.39, 0.29) is 6.04 Å². The van der Waals surface area contributed by atoms with E-state index < -0.39 is 0 Å². The smallest absolute Gasteiger partial charge is 0.0916 e. The molecule has 3 nitrogen and oxygen atoms in total. The van der Waals surface area contributed by atoms with Crippen LogP contribution in [-0.2, 0) is 0 Å². The molecular formula is C22H17N3. The average Bonchev–Trinajstić information content (AvgIpc) is 3.16. The number of pyridine rings is 1. The Labute approximate surface area is 146 Å². The molecule has 0 spiro atoms. The molecule has 1 unspecified atom stereocenters. The molecule has 1 aliphatic rings. The number of hydrazone groups is 1. The number of fused-ring (bicyclic) bond motifs is 2. The first-order valence-corrected chi connectivity index (χ1v) is 8.54. The van der Waals surface area contributed by atoms with E-state index in [0.29, 0.717) is 0 Å². The van der Waals surface area contributed by atoms with Gasteiger partial charge in [0.1, 0.15) is 0 Å². The fraction of sp³-hybridized carbons (Fsp3) is 0.0909. The molecule has 0 radical (unpaired) electrons. The molecule has 1 aromatic heterocycles. The van der Waals surface area contributed by atoms with Crippen molar-refractivity contribution in [3.8, 4) is 0 Å². The quantitative estimate of drug-likeness (QED) is 0.537. The van der Waals surface area contributed by atoms with Crippen molar-refractivity contribution >= 4 is 27.3 Å². The summed E-state index contributed by atoms with van der Waals surface area (Å²) in [6.07, 6.45) is 2.68. The predicted octanol–water partition coefficient (Wildman–Crippen LogP) is 4.83. The van der Waals surface area contributed by atoms with Crippen LogP contribution in [0.1, 0.15) is 23.7 Å². The van der Waals surface area contributed by atoms with Crippen molar-refractivity contribution in [1.82, 2.24) is 10.4 Å². The predicted molar refractivity (Wildman–Crippen MR) is 103 cm³/mol. The number of hydrogen-bond donors (Lipinski definition) is 1. The fourth-order valence-electron chi connectivity index (χ4n) is 3.68. The first-order valence-electron chi connectivity index (χ1n) is 8.54. The lowest BCUT2D eigenvalue weighted by molar-refractivity contribution is 0.603. The Hall–Kier alpha value is -3.20. The van der Waals surface area contributed by atoms with Crippen LogP contribution in [0.3, 0.4) is 0 Å². The minimum atomic E-state index is 0.133. The van der Waals surface area contributed by atoms with Crippen LogP contribution in [0.4, 0.5) is 0 Å². The van der Waals surface area contributed by atoms with E-state index in [9.17, 15) is 0 Å². The van der Waals surface area contributed by atoms with E-state index in [1.54, 1.807) is 0 Å². The molecule has 1 N–H and O–H groups in total. The molecule has 0 bridgehead atoms. The monoisotopic (exact) mass is 323 g/mol. The van der Waals surface area contributed by atoms with Gasteiger partial charge in [0.2, 0.25) is 0 Å². The van der Waals surface area contributed by atoms with Crippen LogP contribution in [0.2, 0.25) is 0 Å². The van der Waals surface area contributed by atoms with Gasteiger partial charge in [-0.25, -0.2) is 0 Å². The zero-order valence-electron chi connectivity index (χ0n) is 13.7. The first kappa shape index (κ1) is 14.2. The number of rotatable bonds is 2. The maximum absolute atomic E-state index is 4.69. The molecule has 0 saturated carbocycles. The molecule has 3 heteroatoms. The summed E-state index contributed by atoms with van der Waals surface area (Å²) in [6.45, 7) is 0. The van der Waals surface area contributed by atoms with Crippen LogP contribution in [0.25, 0.3) is 21.5 Å². The van der Waals surface area contributed by atoms with E-state index in [0.717, 1.165) is 17.8 Å². The van der Waals surface area contributed by atoms with Gasteiger partial charge in [0, 0.05) is 18.2 Å². The Morgan fingerprint density at radius 2 is 1.48 bits per heavy atom. The van der Waals surface area contributed by atoms with Crippen molar-refractivity contribution in [2.45, 2.75) is 12.5 Å². The van der Waals surface area contributed by atoms with Crippen molar-refractivity contribution in [1.29, 1.82) is 0 Å². The van der Waals surface area contributed by atoms with Crippen molar-refractivity contribution in [3.05, 3.63) is 90.3 Å². The van der Waals surface area contributed by atoms with E-state index >= 15 is 0 Å². The highest BCUT2D eigenvalue weighted by Gasteiger charge is 2.24. The third-order valence-electron chi connectivity index (χ3n) is 4.86. The van der Waals surface area contributed by atoms with E-state index in [1.165, 1.54) is 27.1 Å². The van der Waals surface area contributed by atoms with Crippen molar-refractivity contribution < 1.29 is 0 Å². The summed E-state index contributed by atoms with van der Waals surface area (Å²) < 4.78 is 0. The Balaban J connectivity index is 1.67. The van der Waals surface area contributed by atoms with Gasteiger partial charge in [-0.1, -0.05) is 54.6 Å². The summed E-state index contributed by atoms with van der Waals surface area (Å²) in [5.41, 5.74) is 6.65. The molecule has 0 saturated heterocycles. The Bertz CT molecular complexity index is 1050. The molecule has 4 aromatic rings. The van der Waals surface area contributed by atoms with Crippen molar-refractivity contribution in [2.24, 2.45) is 5.10 Å². The van der Waals surface area contributed by atoms with Crippen molar-refractivity contribution in [2.75, 3.05) is 0 Å². The van der Waals surface area contributed by atoms with E-state index in [2.05, 4.69) is 71.1 Å². The van der Waals surface area contributed by atoms with Crippen LogP contribution in [0.15, 0.2) is 84.1 Å². The summed E-state index contributed by atoms with van der Waals surface area (Å²) in [5, 5.41) is 9.70. The fourth-order valence-corrected chi connectivity index (χ4v) is 3.68. The lowest BCUT2D eigenvalue weighted by atomic mass is 9.91. The van der Waals surface area contributed by atoms with Gasteiger partial charge < -0.3 is 5.43 Å². The van der Waals surface area contributed by atoms with Gasteiger partial charge in [-0.15, -0.1) is 0 Å². The minimum absolute atomic E-state index is 0.133. The molecule has 120 valence electrons. The maximum atomic E-state index is 4.69. The molecule has 0 aliphatic carbocycles. The Kier molecular flexibility index (Phi) is 3.23. The number of aromatic nitrogens is 1. The maximum Gasteiger partial charge on any atom is 0.0916 e. The summed E-state index contributed by atoms with van der Waals surface area (Å²) >= 11 is 0. The second-order valence-corrected chi connectivity index (χ2v) is 6.39. The molecule has 0 amide bonds. The summed E-state index contributed by atoms with van der Waals surface area (Å²) in [4.78, 5) is 4.48. The van der Waals surface area contributed by atoms with Gasteiger partial charge in [0.05, 0.1) is 17.4 Å². The highest BCUT2D eigenvalue weighted by atomic mass is 15.3. The highest BCUT2D eigenvalue weighted by Crippen LogP contribution is 2.33. The average molecular weight is 323 g/mol. The minimum Gasteiger partial charge on any atom is -0.300 e. The summed E-state index contributed by atoms with van der Waals surface area (Å²) in [7, 11) is 0. The van der Waals surface area contributed by atoms with Gasteiger partial charge in [0.15, 0.2) is 0 Å². The largest absolute Gasteiger partial charge is 0.300 e. The van der Waals surface area contributed by atoms with E-state index in [4.69, 9.17) is 5.10 Å². The van der Waals surface area contributed by atoms with Crippen LogP contribution >= 0.6 is 0 Å². The molecule has 1 atom stereocenters. The third-order valence-corrected chi connectivity index (χ3v) is 4.86. The zero-order chi connectivity index (χ0) is 16.6. The number of benzene rings is 3. The van der Waals surface area contributed by atoms with Gasteiger partial charge in [-0.2, -0.15) is 5.10 Å². The lowest BCUT2D eigenvalue weighted by Crippen LogP contribution is -2.11. The number of hydrogen-bond acceptors (Lipinski definition) is 3. The second-order valence-electron chi connectivity index (χ2n) is 6.39. The van der Waals surface area contributed by atoms with Gasteiger partial charge in [-0.3, -0.25) is 4.98 Å². The molecule has 3 aromatic carbocycles. The summed E-state index contributed by atoms with van der Waals surface area (Å²) in [6, 6.07) is 25.5. The first-order chi connectivity index (χ1) is 12.4. The molecular weight excluding hydrogens is 306 g/mol. The highest BCUT2D eigenvalue weighted by molar-refractivity contribution is 6.21. The van der Waals surface area contributed by atoms with Gasteiger partial charge in [-0.05, 0) is 39.7 Å². The number of nitrogens with one attached hydrogen (secondary N) is 1. The van der Waals surface area contributed by atoms with Gasteiger partial charge in [0.25, 0.3) is 0 Å². The molecule has 25 heavy (non-hydrogen) atoms. The summed E-state index contributed by atoms with van der Waals surface area (Å²) in [5.74, 6) is 0. The van der Waals surface area contributed by atoms with Crippen LogP contribution in [0, 0.1) is 0 Å². The molecule has 1 aliphatic heterocycles. The van der Waals surface area contributed by atoms with Crippen LogP contribution in [0.5, 0.6) is 0 Å². The van der Waals surface area contributed by atoms with Crippen LogP contribution in [-0.4, -0.2) is 10.7 Å². The Morgan fingerprint density at radius 1 is 0.800 bits per heavy atom. The number of nitrogens with zero attached hydrogens (tertiary/aromatic N) is 2. The normalized spacial score (nSPS) is 16.8. The SMILES string of the molecule is c1ccc(C2CC(c3c4ccccc4cc4ccccc34)=NN2)nc1. The zero-order valence-corrected chi connectivity index (χ0v) is 13.7. The molecule has 5 rings (SSSR count). The standard InChI is InChI=1S/C22H17N3/c1-3-9-17-15(7-1)13-16-8-2-4-10-18(16)22(17)21-14-20(24-25-21)19-11-5-6-12-23-19/h1-13,20,24H,14H2. The Morgan fingerprint density at radius 3 is 2.16 bits per heavy atom. The topological polar surface area (TPSA) is 37.3 Å². The van der Waals surface area contributed by atoms with Crippen molar-refractivity contribution in [3.63, 3.8) is 0 Å².